The highest BCUT2D eigenvalue weighted by molar-refractivity contribution is 9.10. The molecule has 0 bridgehead atoms. The Morgan fingerprint density at radius 2 is 1.71 bits per heavy atom. The van der Waals surface area contributed by atoms with E-state index in [2.05, 4.69) is 21.2 Å². The molecule has 1 aromatic heterocycles. The topological polar surface area (TPSA) is 113 Å². The summed E-state index contributed by atoms with van der Waals surface area (Å²) in [4.78, 5) is 37.9. The number of esters is 1. The SMILES string of the molecule is CCOC(=O)c1ccc(NC(=O)COc2c(-c3cc(Br)c(OC)c(OC)c3)oc3ccccc3c2=O)cc1. The first-order valence-corrected chi connectivity index (χ1v) is 12.3. The average molecular weight is 582 g/mol. The van der Waals surface area contributed by atoms with Gasteiger partial charge >= 0.3 is 5.97 Å². The van der Waals surface area contributed by atoms with Gasteiger partial charge in [-0.25, -0.2) is 4.79 Å². The molecule has 0 spiro atoms. The van der Waals surface area contributed by atoms with Crippen molar-refractivity contribution in [3.8, 4) is 28.6 Å². The van der Waals surface area contributed by atoms with Crippen LogP contribution in [0.4, 0.5) is 5.69 Å². The molecule has 0 saturated heterocycles. The molecule has 0 atom stereocenters. The second-order valence-electron chi connectivity index (χ2n) is 7.91. The normalized spacial score (nSPS) is 10.6. The smallest absolute Gasteiger partial charge is 0.338 e. The van der Waals surface area contributed by atoms with E-state index < -0.39 is 23.9 Å². The lowest BCUT2D eigenvalue weighted by molar-refractivity contribution is -0.118. The number of ether oxygens (including phenoxy) is 4. The van der Waals surface area contributed by atoms with Gasteiger partial charge in [-0.05, 0) is 71.4 Å². The van der Waals surface area contributed by atoms with Crippen LogP contribution in [0.5, 0.6) is 17.2 Å². The summed E-state index contributed by atoms with van der Waals surface area (Å²) in [5.41, 5.74) is 1.21. The van der Waals surface area contributed by atoms with Crippen LogP contribution in [0.25, 0.3) is 22.3 Å². The second kappa shape index (κ2) is 11.8. The zero-order valence-corrected chi connectivity index (χ0v) is 22.4. The van der Waals surface area contributed by atoms with Crippen LogP contribution in [0.1, 0.15) is 17.3 Å². The van der Waals surface area contributed by atoms with Crippen LogP contribution in [0.3, 0.4) is 0 Å². The molecule has 4 rings (SSSR count). The minimum atomic E-state index is -0.513. The van der Waals surface area contributed by atoms with Crippen LogP contribution in [0.2, 0.25) is 0 Å². The number of hydrogen-bond donors (Lipinski definition) is 1. The minimum Gasteiger partial charge on any atom is -0.493 e. The first-order chi connectivity index (χ1) is 18.4. The van der Waals surface area contributed by atoms with E-state index >= 15 is 0 Å². The van der Waals surface area contributed by atoms with Crippen LogP contribution in [0.15, 0.2) is 74.3 Å². The molecule has 1 amide bonds. The predicted molar refractivity (Wildman–Crippen MR) is 145 cm³/mol. The number of rotatable bonds is 9. The molecule has 0 aliphatic carbocycles. The number of carbonyl (C=O) groups excluding carboxylic acids is 2. The van der Waals surface area contributed by atoms with Crippen LogP contribution in [-0.2, 0) is 9.53 Å². The van der Waals surface area contributed by atoms with Crippen molar-refractivity contribution in [2.75, 3.05) is 32.8 Å². The lowest BCUT2D eigenvalue weighted by Crippen LogP contribution is -2.22. The zero-order valence-electron chi connectivity index (χ0n) is 20.8. The quantitative estimate of drug-likeness (QED) is 0.260. The van der Waals surface area contributed by atoms with Crippen molar-refractivity contribution in [1.82, 2.24) is 0 Å². The van der Waals surface area contributed by atoms with Gasteiger partial charge in [0.05, 0.1) is 36.2 Å². The van der Waals surface area contributed by atoms with Gasteiger partial charge in [-0.1, -0.05) is 12.1 Å². The Labute approximate surface area is 226 Å². The zero-order chi connectivity index (χ0) is 27.2. The molecule has 0 aliphatic heterocycles. The van der Waals surface area contributed by atoms with E-state index in [9.17, 15) is 14.4 Å². The highest BCUT2D eigenvalue weighted by Crippen LogP contribution is 2.41. The summed E-state index contributed by atoms with van der Waals surface area (Å²) in [7, 11) is 3.00. The van der Waals surface area contributed by atoms with Gasteiger partial charge in [0.15, 0.2) is 23.9 Å². The van der Waals surface area contributed by atoms with Gasteiger partial charge in [-0.2, -0.15) is 0 Å². The second-order valence-corrected chi connectivity index (χ2v) is 8.77. The summed E-state index contributed by atoms with van der Waals surface area (Å²) in [6.45, 7) is 1.52. The molecule has 9 nitrogen and oxygen atoms in total. The maximum absolute atomic E-state index is 13.4. The minimum absolute atomic E-state index is 0.127. The van der Waals surface area contributed by atoms with E-state index in [1.165, 1.54) is 14.2 Å². The number of fused-ring (bicyclic) bond motifs is 1. The van der Waals surface area contributed by atoms with Crippen LogP contribution in [-0.4, -0.2) is 39.3 Å². The first kappa shape index (κ1) is 26.7. The maximum Gasteiger partial charge on any atom is 0.338 e. The summed E-state index contributed by atoms with van der Waals surface area (Å²) in [5.74, 6) is -0.0950. The van der Waals surface area contributed by atoms with E-state index in [4.69, 9.17) is 23.4 Å². The Balaban J connectivity index is 1.63. The van der Waals surface area contributed by atoms with Crippen molar-refractivity contribution in [3.63, 3.8) is 0 Å². The van der Waals surface area contributed by atoms with Gasteiger partial charge in [0.1, 0.15) is 5.58 Å². The molecule has 0 aliphatic rings. The number of amides is 1. The van der Waals surface area contributed by atoms with Crippen molar-refractivity contribution in [3.05, 3.63) is 80.9 Å². The number of benzene rings is 3. The van der Waals surface area contributed by atoms with Gasteiger partial charge in [0, 0.05) is 11.3 Å². The van der Waals surface area contributed by atoms with Crippen molar-refractivity contribution in [2.24, 2.45) is 0 Å². The van der Waals surface area contributed by atoms with Crippen molar-refractivity contribution in [2.45, 2.75) is 6.92 Å². The van der Waals surface area contributed by atoms with Crippen LogP contribution >= 0.6 is 15.9 Å². The lowest BCUT2D eigenvalue weighted by Gasteiger charge is -2.15. The number of anilines is 1. The monoisotopic (exact) mass is 581 g/mol. The molecule has 1 N–H and O–H groups in total. The molecular formula is C28H24BrNO8. The van der Waals surface area contributed by atoms with E-state index in [-0.39, 0.29) is 18.1 Å². The Hall–Kier alpha value is -4.31. The molecule has 0 unspecified atom stereocenters. The van der Waals surface area contributed by atoms with Crippen molar-refractivity contribution >= 4 is 44.5 Å². The number of para-hydroxylation sites is 1. The predicted octanol–water partition coefficient (Wildman–Crippen LogP) is 5.43. The number of nitrogens with one attached hydrogen (secondary N) is 1. The van der Waals surface area contributed by atoms with Crippen LogP contribution in [0, 0.1) is 0 Å². The summed E-state index contributed by atoms with van der Waals surface area (Å²) in [6.07, 6.45) is 0. The van der Waals surface area contributed by atoms with E-state index in [1.54, 1.807) is 67.6 Å². The van der Waals surface area contributed by atoms with Gasteiger partial charge in [0.2, 0.25) is 11.2 Å². The highest BCUT2D eigenvalue weighted by atomic mass is 79.9. The van der Waals surface area contributed by atoms with Gasteiger partial charge in [-0.15, -0.1) is 0 Å². The molecule has 0 saturated carbocycles. The van der Waals surface area contributed by atoms with E-state index in [0.717, 1.165) is 0 Å². The Bertz CT molecular complexity index is 1550. The van der Waals surface area contributed by atoms with Gasteiger partial charge in [-0.3, -0.25) is 9.59 Å². The molecular weight excluding hydrogens is 558 g/mol. The molecule has 196 valence electrons. The fraction of sp³-hybridized carbons (Fsp3) is 0.179. The molecule has 10 heteroatoms. The van der Waals surface area contributed by atoms with Gasteiger partial charge in [0.25, 0.3) is 5.91 Å². The highest BCUT2D eigenvalue weighted by Gasteiger charge is 2.22. The maximum atomic E-state index is 13.4. The summed E-state index contributed by atoms with van der Waals surface area (Å²) in [5, 5.41) is 2.98. The Morgan fingerprint density at radius 1 is 0.974 bits per heavy atom. The Morgan fingerprint density at radius 3 is 2.39 bits per heavy atom. The molecule has 0 fully saturated rings. The molecule has 3 aromatic carbocycles. The third-order valence-electron chi connectivity index (χ3n) is 5.48. The fourth-order valence-electron chi connectivity index (χ4n) is 3.73. The summed E-state index contributed by atoms with van der Waals surface area (Å²) >= 11 is 3.45. The molecule has 1 heterocycles. The van der Waals surface area contributed by atoms with E-state index in [0.29, 0.717) is 43.8 Å². The fourth-order valence-corrected chi connectivity index (χ4v) is 4.34. The summed E-state index contributed by atoms with van der Waals surface area (Å²) < 4.78 is 28.2. The third kappa shape index (κ3) is 5.65. The number of methoxy groups -OCH3 is 2. The first-order valence-electron chi connectivity index (χ1n) is 11.5. The molecule has 0 radical (unpaired) electrons. The number of halogens is 1. The molecule has 4 aromatic rings. The standard InChI is InChI=1S/C28H24BrNO8/c1-4-36-28(33)16-9-11-18(12-10-16)30-23(31)15-37-27-24(32)19-7-5-6-8-21(19)38-25(27)17-13-20(29)26(35-3)22(14-17)34-2/h5-14H,4,15H2,1-3H3,(H,30,31). The van der Waals surface area contributed by atoms with Crippen molar-refractivity contribution < 1.29 is 33.0 Å². The number of hydrogen-bond acceptors (Lipinski definition) is 8. The number of carbonyl (C=O) groups is 2. The van der Waals surface area contributed by atoms with Crippen molar-refractivity contribution in [1.29, 1.82) is 0 Å². The Kier molecular flexibility index (Phi) is 8.32. The molecule has 38 heavy (non-hydrogen) atoms. The third-order valence-corrected chi connectivity index (χ3v) is 6.07. The lowest BCUT2D eigenvalue weighted by atomic mass is 10.1. The average Bonchev–Trinajstić information content (AvgIpc) is 2.92. The van der Waals surface area contributed by atoms with Gasteiger partial charge < -0.3 is 28.7 Å². The largest absolute Gasteiger partial charge is 0.493 e. The summed E-state index contributed by atoms with van der Waals surface area (Å²) in [6, 6.07) is 16.3. The van der Waals surface area contributed by atoms with E-state index in [1.807, 2.05) is 0 Å². The van der Waals surface area contributed by atoms with Crippen LogP contribution < -0.4 is 25.0 Å².